The number of hydrogen-bond donors (Lipinski definition) is 4. The molecule has 1 amide bonds. The Labute approximate surface area is 326 Å². The molecule has 296 valence electrons. The Hall–Kier alpha value is -2.76. The van der Waals surface area contributed by atoms with Crippen LogP contribution in [0.1, 0.15) is 57.9 Å². The SMILES string of the molecule is COc1cc(C[C@H](NC(=O)O[C@H]2CO[C@H]3OC[C@H](NCC4CCCC4)[C@H]32)[C@H](O)CN(CC(C)C)S(=O)(=O)c2ccc3nc(NC4CC4)sc3c2)ccc1Cl. The molecule has 3 heterocycles. The summed E-state index contributed by atoms with van der Waals surface area (Å²) in [6.07, 6.45) is 4.20. The minimum atomic E-state index is -4.07. The number of alkyl carbamates (subject to hydrolysis) is 1. The van der Waals surface area contributed by atoms with Crippen LogP contribution in [-0.2, 0) is 30.7 Å². The monoisotopic (exact) mass is 805 g/mol. The van der Waals surface area contributed by atoms with Crippen molar-refractivity contribution in [2.75, 3.05) is 45.3 Å². The van der Waals surface area contributed by atoms with E-state index in [4.69, 9.17) is 30.5 Å². The summed E-state index contributed by atoms with van der Waals surface area (Å²) in [5.74, 6) is 0.850. The van der Waals surface area contributed by atoms with Crippen molar-refractivity contribution in [3.63, 3.8) is 0 Å². The molecule has 13 nitrogen and oxygen atoms in total. The van der Waals surface area contributed by atoms with E-state index in [1.165, 1.54) is 48.4 Å². The molecule has 3 aromatic rings. The summed E-state index contributed by atoms with van der Waals surface area (Å²) in [5, 5.41) is 23.0. The molecule has 2 saturated heterocycles. The number of aromatic nitrogens is 1. The molecule has 4 fully saturated rings. The van der Waals surface area contributed by atoms with Gasteiger partial charge in [-0.3, -0.25) is 0 Å². The van der Waals surface area contributed by atoms with Gasteiger partial charge in [0.15, 0.2) is 11.4 Å². The number of halogens is 1. The summed E-state index contributed by atoms with van der Waals surface area (Å²) in [7, 11) is -2.56. The number of aliphatic hydroxyl groups excluding tert-OH is 1. The van der Waals surface area contributed by atoms with Crippen LogP contribution in [0.15, 0.2) is 41.3 Å². The number of aliphatic hydroxyl groups is 1. The number of ether oxygens (including phenoxy) is 4. The maximum atomic E-state index is 14.3. The maximum absolute atomic E-state index is 14.3. The normalized spacial score (nSPS) is 24.3. The summed E-state index contributed by atoms with van der Waals surface area (Å²) < 4.78 is 53.8. The van der Waals surface area contributed by atoms with Gasteiger partial charge in [-0.05, 0) is 86.4 Å². The molecule has 0 spiro atoms. The van der Waals surface area contributed by atoms with Crippen LogP contribution >= 0.6 is 22.9 Å². The van der Waals surface area contributed by atoms with E-state index in [2.05, 4.69) is 20.9 Å². The van der Waals surface area contributed by atoms with E-state index in [0.29, 0.717) is 29.3 Å². The van der Waals surface area contributed by atoms with E-state index in [1.54, 1.807) is 36.4 Å². The first-order valence-electron chi connectivity index (χ1n) is 19.1. The number of amides is 1. The highest BCUT2D eigenvalue weighted by atomic mass is 35.5. The Kier molecular flexibility index (Phi) is 12.5. The van der Waals surface area contributed by atoms with Gasteiger partial charge in [0.2, 0.25) is 10.0 Å². The molecular formula is C38H52ClN5O8S2. The standard InChI is InChI=1S/C38H52ClN5O8S2/c1-22(2)18-44(54(47,48)26-11-13-28-34(16-26)53-37(42-28)41-25-9-10-25)19-31(45)29(14-24-8-12-27(39)32(15-24)49-3)43-38(46)52-33-21-51-36-35(33)30(20-50-36)40-17-23-6-4-5-7-23/h8,11-13,15-16,22-23,25,29-31,33,35-36,40,45H,4-7,9-10,14,17-21H2,1-3H3,(H,41,42)(H,43,46)/t29-,30-,31+,33-,35-,36+/m0/s1. The number of anilines is 1. The van der Waals surface area contributed by atoms with Crippen LogP contribution < -0.4 is 20.7 Å². The fraction of sp³-hybridized carbons (Fsp3) is 0.632. The molecule has 4 N–H and O–H groups in total. The minimum absolute atomic E-state index is 0.0150. The number of nitrogens with one attached hydrogen (secondary N) is 3. The zero-order chi connectivity index (χ0) is 38.0. The van der Waals surface area contributed by atoms with Crippen molar-refractivity contribution in [3.8, 4) is 5.75 Å². The molecule has 0 bridgehead atoms. The maximum Gasteiger partial charge on any atom is 0.407 e. The van der Waals surface area contributed by atoms with Crippen molar-refractivity contribution in [2.24, 2.45) is 17.8 Å². The van der Waals surface area contributed by atoms with Crippen molar-refractivity contribution in [2.45, 2.75) is 100 Å². The lowest BCUT2D eigenvalue weighted by Gasteiger charge is -2.31. The average molecular weight is 806 g/mol. The summed E-state index contributed by atoms with van der Waals surface area (Å²) >= 11 is 7.73. The van der Waals surface area contributed by atoms with Crippen molar-refractivity contribution in [1.29, 1.82) is 0 Å². The second-order valence-electron chi connectivity index (χ2n) is 15.5. The molecule has 6 atom stereocenters. The highest BCUT2D eigenvalue weighted by molar-refractivity contribution is 7.89. The van der Waals surface area contributed by atoms with Crippen LogP contribution in [0.3, 0.4) is 0 Å². The zero-order valence-electron chi connectivity index (χ0n) is 31.0. The van der Waals surface area contributed by atoms with Gasteiger partial charge < -0.3 is 40.0 Å². The molecule has 2 saturated carbocycles. The number of fused-ring (bicyclic) bond motifs is 2. The van der Waals surface area contributed by atoms with Crippen molar-refractivity contribution in [1.82, 2.24) is 19.9 Å². The van der Waals surface area contributed by atoms with Crippen molar-refractivity contribution >= 4 is 54.4 Å². The highest BCUT2D eigenvalue weighted by Crippen LogP contribution is 2.35. The predicted octanol–water partition coefficient (Wildman–Crippen LogP) is 5.40. The van der Waals surface area contributed by atoms with Crippen molar-refractivity contribution in [3.05, 3.63) is 47.0 Å². The first kappa shape index (κ1) is 39.5. The van der Waals surface area contributed by atoms with Gasteiger partial charge in [0.05, 0.1) is 58.5 Å². The average Bonchev–Trinajstić information content (AvgIpc) is 3.51. The third-order valence-corrected chi connectivity index (χ3v) is 13.9. The molecule has 2 aliphatic carbocycles. The van der Waals surface area contributed by atoms with Gasteiger partial charge in [-0.15, -0.1) is 0 Å². The third kappa shape index (κ3) is 9.43. The van der Waals surface area contributed by atoms with Gasteiger partial charge in [-0.25, -0.2) is 18.2 Å². The summed E-state index contributed by atoms with van der Waals surface area (Å²) in [4.78, 5) is 18.4. The van der Waals surface area contributed by atoms with Crippen LogP contribution in [-0.4, -0.2) is 105 Å². The van der Waals surface area contributed by atoms with E-state index in [9.17, 15) is 18.3 Å². The Bertz CT molecular complexity index is 1870. The molecule has 0 radical (unpaired) electrons. The number of rotatable bonds is 17. The van der Waals surface area contributed by atoms with E-state index in [-0.39, 0.29) is 48.9 Å². The van der Waals surface area contributed by atoms with E-state index in [1.807, 2.05) is 13.8 Å². The third-order valence-electron chi connectivity index (χ3n) is 10.8. The first-order chi connectivity index (χ1) is 26.0. The van der Waals surface area contributed by atoms with E-state index < -0.39 is 40.7 Å². The number of nitrogens with zero attached hydrogens (tertiary/aromatic N) is 2. The van der Waals surface area contributed by atoms with Crippen LogP contribution in [0.2, 0.25) is 5.02 Å². The van der Waals surface area contributed by atoms with Gasteiger partial charge in [0.25, 0.3) is 0 Å². The predicted molar refractivity (Wildman–Crippen MR) is 208 cm³/mol. The number of methoxy groups -OCH3 is 1. The molecule has 7 rings (SSSR count). The lowest BCUT2D eigenvalue weighted by Crippen LogP contribution is -2.52. The summed E-state index contributed by atoms with van der Waals surface area (Å²) in [6.45, 7) is 5.27. The van der Waals surface area contributed by atoms with E-state index in [0.717, 1.165) is 40.3 Å². The number of hydrogen-bond acceptors (Lipinski definition) is 12. The number of sulfonamides is 1. The van der Waals surface area contributed by atoms with Gasteiger partial charge >= 0.3 is 6.09 Å². The number of thiazole rings is 1. The molecule has 54 heavy (non-hydrogen) atoms. The molecule has 4 aliphatic rings. The topological polar surface area (TPSA) is 161 Å². The fourth-order valence-electron chi connectivity index (χ4n) is 7.73. The Morgan fingerprint density at radius 3 is 2.61 bits per heavy atom. The Morgan fingerprint density at radius 2 is 1.87 bits per heavy atom. The number of benzene rings is 2. The molecular weight excluding hydrogens is 754 g/mol. The molecule has 16 heteroatoms. The highest BCUT2D eigenvalue weighted by Gasteiger charge is 2.50. The van der Waals surface area contributed by atoms with Gasteiger partial charge in [0.1, 0.15) is 11.9 Å². The zero-order valence-corrected chi connectivity index (χ0v) is 33.4. The van der Waals surface area contributed by atoms with Crippen LogP contribution in [0.4, 0.5) is 9.93 Å². The lowest BCUT2D eigenvalue weighted by molar-refractivity contribution is -0.0908. The minimum Gasteiger partial charge on any atom is -0.495 e. The lowest BCUT2D eigenvalue weighted by atomic mass is 9.97. The van der Waals surface area contributed by atoms with E-state index >= 15 is 0 Å². The van der Waals surface area contributed by atoms with Gasteiger partial charge in [0, 0.05) is 25.2 Å². The Morgan fingerprint density at radius 1 is 1.09 bits per heavy atom. The van der Waals surface area contributed by atoms with Gasteiger partial charge in [-0.2, -0.15) is 4.31 Å². The largest absolute Gasteiger partial charge is 0.495 e. The summed E-state index contributed by atoms with van der Waals surface area (Å²) in [5.41, 5.74) is 1.44. The summed E-state index contributed by atoms with van der Waals surface area (Å²) in [6, 6.07) is 9.59. The van der Waals surface area contributed by atoms with Crippen LogP contribution in [0, 0.1) is 17.8 Å². The number of carbonyl (C=O) groups excluding carboxylic acids is 1. The molecule has 0 unspecified atom stereocenters. The van der Waals surface area contributed by atoms with Crippen LogP contribution in [0.25, 0.3) is 10.2 Å². The molecule has 1 aromatic heterocycles. The smallest absolute Gasteiger partial charge is 0.407 e. The second-order valence-corrected chi connectivity index (χ2v) is 18.9. The second kappa shape index (κ2) is 17.2. The van der Waals surface area contributed by atoms with Gasteiger partial charge in [-0.1, -0.05) is 55.7 Å². The van der Waals surface area contributed by atoms with Crippen molar-refractivity contribution < 1.29 is 37.3 Å². The molecule has 2 aromatic carbocycles. The quantitative estimate of drug-likeness (QED) is 0.138. The number of carbonyl (C=O) groups is 1. The first-order valence-corrected chi connectivity index (χ1v) is 21.7. The van der Waals surface area contributed by atoms with Crippen LogP contribution in [0.5, 0.6) is 5.75 Å². The molecule has 2 aliphatic heterocycles. The fourth-order valence-corrected chi connectivity index (χ4v) is 10.6. The Balaban J connectivity index is 1.08.